The van der Waals surface area contributed by atoms with E-state index in [0.717, 1.165) is 44.7 Å². The maximum atomic E-state index is 12.2. The molecule has 1 heterocycles. The third-order valence-electron chi connectivity index (χ3n) is 4.60. The summed E-state index contributed by atoms with van der Waals surface area (Å²) in [5, 5.41) is 6.30. The molecule has 8 heteroatoms. The second kappa shape index (κ2) is 13.9. The number of carbonyl (C=O) groups excluding carboxylic acids is 1. The van der Waals surface area contributed by atoms with E-state index < -0.39 is 0 Å². The summed E-state index contributed by atoms with van der Waals surface area (Å²) in [6.45, 7) is 8.73. The third-order valence-corrected chi connectivity index (χ3v) is 4.60. The highest BCUT2D eigenvalue weighted by Gasteiger charge is 2.18. The summed E-state index contributed by atoms with van der Waals surface area (Å²) in [4.78, 5) is 14.5. The number of amides is 1. The van der Waals surface area contributed by atoms with Crippen molar-refractivity contribution < 1.29 is 14.3 Å². The summed E-state index contributed by atoms with van der Waals surface area (Å²) in [7, 11) is 1.62. The molecule has 1 aliphatic heterocycles. The van der Waals surface area contributed by atoms with Gasteiger partial charge >= 0.3 is 0 Å². The van der Waals surface area contributed by atoms with E-state index in [-0.39, 0.29) is 30.7 Å². The lowest BCUT2D eigenvalue weighted by Gasteiger charge is -2.19. The number of rotatable bonds is 10. The lowest BCUT2D eigenvalue weighted by atomic mass is 10.1. The number of anilines is 1. The SMILES string of the molecule is CCN(CC)CCOc1cc(NC(=O)CC2CCCN2)ccc1OC.Cl.Cl. The lowest BCUT2D eigenvalue weighted by Crippen LogP contribution is -2.28. The molecule has 1 unspecified atom stereocenters. The molecule has 1 aliphatic rings. The molecule has 0 saturated carbocycles. The zero-order valence-corrected chi connectivity index (χ0v) is 18.1. The number of carbonyl (C=O) groups is 1. The van der Waals surface area contributed by atoms with E-state index in [4.69, 9.17) is 9.47 Å². The van der Waals surface area contributed by atoms with Crippen LogP contribution in [0, 0.1) is 0 Å². The van der Waals surface area contributed by atoms with E-state index in [1.165, 1.54) is 0 Å². The Bertz CT molecular complexity index is 551. The Hall–Kier alpha value is -1.21. The summed E-state index contributed by atoms with van der Waals surface area (Å²) in [5.74, 6) is 1.36. The number of halogens is 2. The van der Waals surface area contributed by atoms with Crippen LogP contribution >= 0.6 is 24.8 Å². The fourth-order valence-corrected chi connectivity index (χ4v) is 3.06. The summed E-state index contributed by atoms with van der Waals surface area (Å²) < 4.78 is 11.2. The maximum Gasteiger partial charge on any atom is 0.225 e. The first-order valence-corrected chi connectivity index (χ1v) is 9.22. The van der Waals surface area contributed by atoms with Gasteiger partial charge in [0.05, 0.1) is 7.11 Å². The van der Waals surface area contributed by atoms with Gasteiger partial charge in [-0.15, -0.1) is 24.8 Å². The molecule has 0 aliphatic carbocycles. The summed E-state index contributed by atoms with van der Waals surface area (Å²) >= 11 is 0. The fraction of sp³-hybridized carbons (Fsp3) is 0.632. The topological polar surface area (TPSA) is 62.8 Å². The van der Waals surface area contributed by atoms with E-state index in [2.05, 4.69) is 29.4 Å². The Morgan fingerprint density at radius 2 is 2.00 bits per heavy atom. The predicted molar refractivity (Wildman–Crippen MR) is 115 cm³/mol. The second-order valence-corrected chi connectivity index (χ2v) is 6.29. The molecule has 1 amide bonds. The average Bonchev–Trinajstić information content (AvgIpc) is 3.11. The van der Waals surface area contributed by atoms with E-state index >= 15 is 0 Å². The van der Waals surface area contributed by atoms with Crippen LogP contribution in [-0.4, -0.2) is 56.7 Å². The first-order chi connectivity index (χ1) is 12.2. The van der Waals surface area contributed by atoms with E-state index in [9.17, 15) is 4.79 Å². The predicted octanol–water partition coefficient (Wildman–Crippen LogP) is 3.34. The molecule has 2 N–H and O–H groups in total. The van der Waals surface area contributed by atoms with Gasteiger partial charge in [0.15, 0.2) is 11.5 Å². The second-order valence-electron chi connectivity index (χ2n) is 6.29. The highest BCUT2D eigenvalue weighted by atomic mass is 35.5. The van der Waals surface area contributed by atoms with Crippen LogP contribution in [0.2, 0.25) is 0 Å². The number of hydrogen-bond acceptors (Lipinski definition) is 5. The van der Waals surface area contributed by atoms with Crippen molar-refractivity contribution in [3.8, 4) is 11.5 Å². The fourth-order valence-electron chi connectivity index (χ4n) is 3.06. The molecule has 0 aromatic heterocycles. The largest absolute Gasteiger partial charge is 0.493 e. The summed E-state index contributed by atoms with van der Waals surface area (Å²) in [6, 6.07) is 5.80. The monoisotopic (exact) mass is 421 g/mol. The molecular formula is C19H33Cl2N3O3. The number of ether oxygens (including phenoxy) is 2. The molecule has 0 spiro atoms. The lowest BCUT2D eigenvalue weighted by molar-refractivity contribution is -0.116. The minimum absolute atomic E-state index is 0. The van der Waals surface area contributed by atoms with Gasteiger partial charge in [0.2, 0.25) is 5.91 Å². The first-order valence-electron chi connectivity index (χ1n) is 9.22. The molecule has 1 fully saturated rings. The zero-order valence-electron chi connectivity index (χ0n) is 16.5. The van der Waals surface area contributed by atoms with Crippen LogP contribution in [0.1, 0.15) is 33.1 Å². The van der Waals surface area contributed by atoms with Crippen LogP contribution in [0.4, 0.5) is 5.69 Å². The molecule has 6 nitrogen and oxygen atoms in total. The van der Waals surface area contributed by atoms with Crippen molar-refractivity contribution >= 4 is 36.4 Å². The average molecular weight is 422 g/mol. The van der Waals surface area contributed by atoms with Crippen molar-refractivity contribution in [2.24, 2.45) is 0 Å². The number of benzene rings is 1. The molecule has 0 radical (unpaired) electrons. The van der Waals surface area contributed by atoms with Crippen LogP contribution in [-0.2, 0) is 4.79 Å². The van der Waals surface area contributed by atoms with Crippen LogP contribution in [0.15, 0.2) is 18.2 Å². The highest BCUT2D eigenvalue weighted by molar-refractivity contribution is 5.91. The molecular weight excluding hydrogens is 389 g/mol. The van der Waals surface area contributed by atoms with Crippen molar-refractivity contribution in [3.63, 3.8) is 0 Å². The van der Waals surface area contributed by atoms with Crippen molar-refractivity contribution in [2.45, 2.75) is 39.2 Å². The van der Waals surface area contributed by atoms with Crippen LogP contribution in [0.3, 0.4) is 0 Å². The normalized spacial score (nSPS) is 15.6. The van der Waals surface area contributed by atoms with Crippen molar-refractivity contribution in [1.82, 2.24) is 10.2 Å². The molecule has 27 heavy (non-hydrogen) atoms. The number of hydrogen-bond donors (Lipinski definition) is 2. The van der Waals surface area contributed by atoms with Crippen molar-refractivity contribution in [1.29, 1.82) is 0 Å². The van der Waals surface area contributed by atoms with Gasteiger partial charge in [-0.3, -0.25) is 4.79 Å². The van der Waals surface area contributed by atoms with Crippen molar-refractivity contribution in [2.75, 3.05) is 45.2 Å². The Kier molecular flexibility index (Phi) is 13.3. The number of methoxy groups -OCH3 is 1. The van der Waals surface area contributed by atoms with Crippen LogP contribution in [0.5, 0.6) is 11.5 Å². The van der Waals surface area contributed by atoms with Gasteiger partial charge in [-0.1, -0.05) is 13.8 Å². The van der Waals surface area contributed by atoms with Gasteiger partial charge in [0.25, 0.3) is 0 Å². The Balaban J connectivity index is 0.00000338. The number of likely N-dealkylation sites (N-methyl/N-ethyl adjacent to an activating group) is 1. The number of nitrogens with zero attached hydrogens (tertiary/aromatic N) is 1. The van der Waals surface area contributed by atoms with E-state index in [1.807, 2.05) is 18.2 Å². The molecule has 0 bridgehead atoms. The van der Waals surface area contributed by atoms with Gasteiger partial charge in [0, 0.05) is 30.8 Å². The van der Waals surface area contributed by atoms with Gasteiger partial charge in [0.1, 0.15) is 6.61 Å². The van der Waals surface area contributed by atoms with Crippen LogP contribution in [0.25, 0.3) is 0 Å². The zero-order chi connectivity index (χ0) is 18.1. The van der Waals surface area contributed by atoms with E-state index in [0.29, 0.717) is 30.6 Å². The standard InChI is InChI=1S/C19H31N3O3.2ClH/c1-4-22(5-2)11-12-25-18-13-16(8-9-17(18)24-3)21-19(23)14-15-7-6-10-20-15;;/h8-9,13,15,20H,4-7,10-12,14H2,1-3H3,(H,21,23);2*1H. The summed E-state index contributed by atoms with van der Waals surface area (Å²) in [5.41, 5.74) is 0.738. The summed E-state index contributed by atoms with van der Waals surface area (Å²) in [6.07, 6.45) is 2.71. The number of nitrogens with one attached hydrogen (secondary N) is 2. The molecule has 1 aromatic carbocycles. The Labute approximate surface area is 175 Å². The molecule has 156 valence electrons. The molecule has 1 saturated heterocycles. The third kappa shape index (κ3) is 8.56. The maximum absolute atomic E-state index is 12.2. The quantitative estimate of drug-likeness (QED) is 0.606. The van der Waals surface area contributed by atoms with E-state index in [1.54, 1.807) is 7.11 Å². The van der Waals surface area contributed by atoms with Gasteiger partial charge in [-0.25, -0.2) is 0 Å². The molecule has 1 aromatic rings. The van der Waals surface area contributed by atoms with Gasteiger partial charge in [-0.2, -0.15) is 0 Å². The van der Waals surface area contributed by atoms with Gasteiger partial charge in [-0.05, 0) is 44.6 Å². The molecule has 2 rings (SSSR count). The smallest absolute Gasteiger partial charge is 0.225 e. The highest BCUT2D eigenvalue weighted by Crippen LogP contribution is 2.30. The Morgan fingerprint density at radius 3 is 2.59 bits per heavy atom. The van der Waals surface area contributed by atoms with Gasteiger partial charge < -0.3 is 25.0 Å². The van der Waals surface area contributed by atoms with Crippen LogP contribution < -0.4 is 20.1 Å². The molecule has 1 atom stereocenters. The van der Waals surface area contributed by atoms with Crippen molar-refractivity contribution in [3.05, 3.63) is 18.2 Å². The first kappa shape index (κ1) is 25.8. The minimum Gasteiger partial charge on any atom is -0.493 e. The Morgan fingerprint density at radius 1 is 1.26 bits per heavy atom. The minimum atomic E-state index is 0.